The molecule has 1 saturated heterocycles. The van der Waals surface area contributed by atoms with Crippen molar-refractivity contribution in [1.82, 2.24) is 9.88 Å². The third-order valence-electron chi connectivity index (χ3n) is 3.70. The van der Waals surface area contributed by atoms with Gasteiger partial charge in [-0.2, -0.15) is 0 Å². The quantitative estimate of drug-likeness (QED) is 0.766. The number of hydrogen-bond donors (Lipinski definition) is 0. The van der Waals surface area contributed by atoms with Crippen molar-refractivity contribution in [2.24, 2.45) is 0 Å². The molecule has 18 heavy (non-hydrogen) atoms. The van der Waals surface area contributed by atoms with Crippen LogP contribution in [0.1, 0.15) is 47.8 Å². The highest BCUT2D eigenvalue weighted by Gasteiger charge is 2.33. The van der Waals surface area contributed by atoms with Gasteiger partial charge in [0.15, 0.2) is 5.78 Å². The van der Waals surface area contributed by atoms with Gasteiger partial charge >= 0.3 is 0 Å². The van der Waals surface area contributed by atoms with Gasteiger partial charge in [-0.05, 0) is 32.6 Å². The Bertz CT molecular complexity index is 486. The summed E-state index contributed by atoms with van der Waals surface area (Å²) in [6.07, 6.45) is 4.70. The normalized spacial score (nSPS) is 21.3. The number of carbonyl (C=O) groups is 2. The number of amides is 1. The van der Waals surface area contributed by atoms with E-state index in [1.807, 2.05) is 6.92 Å². The van der Waals surface area contributed by atoms with Gasteiger partial charge in [0.2, 0.25) is 5.91 Å². The summed E-state index contributed by atoms with van der Waals surface area (Å²) in [6, 6.07) is -0.0560. The number of aryl methyl sites for hydroxylation is 2. The fraction of sp³-hybridized carbons (Fsp3) is 0.615. The molecule has 1 aliphatic carbocycles. The molecule has 0 N–H and O–H groups in total. The number of ketones is 1. The van der Waals surface area contributed by atoms with E-state index in [4.69, 9.17) is 0 Å². The summed E-state index contributed by atoms with van der Waals surface area (Å²) in [4.78, 5) is 30.7. The van der Waals surface area contributed by atoms with Crippen LogP contribution in [0.25, 0.3) is 0 Å². The molecule has 1 fully saturated rings. The Kier molecular flexibility index (Phi) is 2.93. The van der Waals surface area contributed by atoms with Crippen LogP contribution >= 0.6 is 11.3 Å². The average Bonchev–Trinajstić information content (AvgIpc) is 2.91. The zero-order chi connectivity index (χ0) is 12.7. The zero-order valence-corrected chi connectivity index (χ0v) is 11.3. The van der Waals surface area contributed by atoms with E-state index in [0.29, 0.717) is 0 Å². The van der Waals surface area contributed by atoms with Gasteiger partial charge < -0.3 is 4.90 Å². The second-order valence-electron chi connectivity index (χ2n) is 5.04. The van der Waals surface area contributed by atoms with Gasteiger partial charge in [0.1, 0.15) is 5.01 Å². The van der Waals surface area contributed by atoms with Crippen LogP contribution in [0.2, 0.25) is 0 Å². The van der Waals surface area contributed by atoms with E-state index in [1.54, 1.807) is 16.2 Å². The summed E-state index contributed by atoms with van der Waals surface area (Å²) in [6.45, 7) is 2.23. The zero-order valence-electron chi connectivity index (χ0n) is 10.4. The minimum atomic E-state index is -0.0560. The predicted molar refractivity (Wildman–Crippen MR) is 68.5 cm³/mol. The van der Waals surface area contributed by atoms with E-state index in [2.05, 4.69) is 4.98 Å². The van der Waals surface area contributed by atoms with Crippen LogP contribution in [0, 0.1) is 0 Å². The Balaban J connectivity index is 1.84. The maximum absolute atomic E-state index is 11.7. The van der Waals surface area contributed by atoms with E-state index in [-0.39, 0.29) is 30.7 Å². The van der Waals surface area contributed by atoms with E-state index < -0.39 is 0 Å². The monoisotopic (exact) mass is 264 g/mol. The Labute approximate surface area is 110 Å². The lowest BCUT2D eigenvalue weighted by atomic mass is 10.0. The number of carbonyl (C=O) groups excluding carboxylic acids is 2. The number of thiazole rings is 1. The SMILES string of the molecule is CC(c1nc2c(s1)CCCC2)N1CC(=O)CC1=O. The van der Waals surface area contributed by atoms with E-state index in [9.17, 15) is 9.59 Å². The van der Waals surface area contributed by atoms with Crippen LogP contribution in [-0.4, -0.2) is 28.1 Å². The molecular formula is C13H16N2O2S. The van der Waals surface area contributed by atoms with Gasteiger partial charge in [0.05, 0.1) is 24.7 Å². The van der Waals surface area contributed by atoms with Crippen LogP contribution < -0.4 is 0 Å². The van der Waals surface area contributed by atoms with Crippen LogP contribution in [0.15, 0.2) is 0 Å². The van der Waals surface area contributed by atoms with Gasteiger partial charge in [-0.15, -0.1) is 11.3 Å². The molecule has 0 aromatic carbocycles. The Morgan fingerprint density at radius 2 is 2.06 bits per heavy atom. The van der Waals surface area contributed by atoms with Crippen molar-refractivity contribution in [1.29, 1.82) is 0 Å². The lowest BCUT2D eigenvalue weighted by molar-refractivity contribution is -0.129. The second-order valence-corrected chi connectivity index (χ2v) is 6.16. The number of nitrogens with zero attached hydrogens (tertiary/aromatic N) is 2. The van der Waals surface area contributed by atoms with Crippen LogP contribution in [0.5, 0.6) is 0 Å². The fourth-order valence-corrected chi connectivity index (χ4v) is 3.86. The summed E-state index contributed by atoms with van der Waals surface area (Å²) in [7, 11) is 0. The molecule has 0 radical (unpaired) electrons. The van der Waals surface area contributed by atoms with Crippen molar-refractivity contribution < 1.29 is 9.59 Å². The van der Waals surface area contributed by atoms with Gasteiger partial charge in [-0.1, -0.05) is 0 Å². The number of likely N-dealkylation sites (tertiary alicyclic amines) is 1. The lowest BCUT2D eigenvalue weighted by Gasteiger charge is -2.21. The fourth-order valence-electron chi connectivity index (χ4n) is 2.64. The first-order valence-electron chi connectivity index (χ1n) is 6.45. The van der Waals surface area contributed by atoms with Crippen molar-refractivity contribution in [2.45, 2.75) is 45.1 Å². The molecule has 2 aliphatic rings. The van der Waals surface area contributed by atoms with Crippen molar-refractivity contribution in [3.63, 3.8) is 0 Å². The highest BCUT2D eigenvalue weighted by atomic mass is 32.1. The number of rotatable bonds is 2. The highest BCUT2D eigenvalue weighted by molar-refractivity contribution is 7.11. The standard InChI is InChI=1S/C13H16N2O2S/c1-8(15-7-9(16)6-12(15)17)13-14-10-4-2-3-5-11(10)18-13/h8H,2-7H2,1H3. The summed E-state index contributed by atoms with van der Waals surface area (Å²) < 4.78 is 0. The molecule has 1 aliphatic heterocycles. The minimum Gasteiger partial charge on any atom is -0.326 e. The Morgan fingerprint density at radius 3 is 2.72 bits per heavy atom. The number of hydrogen-bond acceptors (Lipinski definition) is 4. The molecule has 0 spiro atoms. The van der Waals surface area contributed by atoms with E-state index in [0.717, 1.165) is 17.8 Å². The summed E-state index contributed by atoms with van der Waals surface area (Å²) in [5.41, 5.74) is 1.21. The van der Waals surface area contributed by atoms with Crippen molar-refractivity contribution in [3.8, 4) is 0 Å². The van der Waals surface area contributed by atoms with Gasteiger partial charge in [-0.3, -0.25) is 9.59 Å². The first-order chi connectivity index (χ1) is 8.65. The molecule has 2 heterocycles. The molecule has 1 unspecified atom stereocenters. The molecule has 1 aromatic heterocycles. The van der Waals surface area contributed by atoms with Crippen LogP contribution in [-0.2, 0) is 22.4 Å². The van der Waals surface area contributed by atoms with Gasteiger partial charge in [-0.25, -0.2) is 4.98 Å². The van der Waals surface area contributed by atoms with E-state index in [1.165, 1.54) is 23.4 Å². The molecule has 96 valence electrons. The predicted octanol–water partition coefficient (Wildman–Crippen LogP) is 1.88. The molecule has 0 saturated carbocycles. The minimum absolute atomic E-state index is 0.0215. The Morgan fingerprint density at radius 1 is 1.28 bits per heavy atom. The van der Waals surface area contributed by atoms with E-state index >= 15 is 0 Å². The van der Waals surface area contributed by atoms with Crippen molar-refractivity contribution >= 4 is 23.0 Å². The van der Waals surface area contributed by atoms with Crippen LogP contribution in [0.3, 0.4) is 0 Å². The molecule has 4 nitrogen and oxygen atoms in total. The molecule has 3 rings (SSSR count). The average molecular weight is 264 g/mol. The van der Waals surface area contributed by atoms with Gasteiger partial charge in [0, 0.05) is 4.88 Å². The third kappa shape index (κ3) is 1.96. The topological polar surface area (TPSA) is 50.3 Å². The Hall–Kier alpha value is -1.23. The van der Waals surface area contributed by atoms with Crippen molar-refractivity contribution in [2.75, 3.05) is 6.54 Å². The first kappa shape index (κ1) is 11.8. The molecular weight excluding hydrogens is 248 g/mol. The second kappa shape index (κ2) is 4.46. The molecule has 5 heteroatoms. The summed E-state index contributed by atoms with van der Waals surface area (Å²) in [5, 5.41) is 0.991. The first-order valence-corrected chi connectivity index (χ1v) is 7.26. The molecule has 0 bridgehead atoms. The highest BCUT2D eigenvalue weighted by Crippen LogP contribution is 2.33. The smallest absolute Gasteiger partial charge is 0.231 e. The van der Waals surface area contributed by atoms with Crippen molar-refractivity contribution in [3.05, 3.63) is 15.6 Å². The maximum Gasteiger partial charge on any atom is 0.231 e. The molecule has 1 amide bonds. The van der Waals surface area contributed by atoms with Crippen LogP contribution in [0.4, 0.5) is 0 Å². The number of aromatic nitrogens is 1. The largest absolute Gasteiger partial charge is 0.326 e. The third-order valence-corrected chi connectivity index (χ3v) is 5.03. The maximum atomic E-state index is 11.7. The van der Waals surface area contributed by atoms with Gasteiger partial charge in [0.25, 0.3) is 0 Å². The molecule has 1 aromatic rings. The molecule has 1 atom stereocenters. The number of fused-ring (bicyclic) bond motifs is 1. The summed E-state index contributed by atoms with van der Waals surface area (Å²) in [5.74, 6) is -0.0335. The summed E-state index contributed by atoms with van der Waals surface area (Å²) >= 11 is 1.72. The number of Topliss-reactive ketones (excluding diaryl/α,β-unsaturated/α-hetero) is 1. The lowest BCUT2D eigenvalue weighted by Crippen LogP contribution is -2.28.